The number of rotatable bonds is 7. The second-order valence-corrected chi connectivity index (χ2v) is 6.01. The van der Waals surface area contributed by atoms with E-state index in [1.54, 1.807) is 25.4 Å². The molecule has 2 rings (SSSR count). The van der Waals surface area contributed by atoms with Gasteiger partial charge in [0.05, 0.1) is 0 Å². The number of hydrogen-bond donors (Lipinski definition) is 0. The van der Waals surface area contributed by atoms with Gasteiger partial charge in [0.2, 0.25) is 0 Å². The zero-order valence-electron chi connectivity index (χ0n) is 12.7. The predicted molar refractivity (Wildman–Crippen MR) is 88.7 cm³/mol. The van der Waals surface area contributed by atoms with Gasteiger partial charge in [0.15, 0.2) is 5.17 Å². The Bertz CT molecular complexity index is 476. The van der Waals surface area contributed by atoms with E-state index in [1.165, 1.54) is 19.3 Å². The van der Waals surface area contributed by atoms with Gasteiger partial charge in [-0.15, -0.1) is 0 Å². The lowest BCUT2D eigenvalue weighted by molar-refractivity contribution is -0.0105. The Morgan fingerprint density at radius 2 is 2.14 bits per heavy atom. The number of hydrogen-bond acceptors (Lipinski definition) is 5. The van der Waals surface area contributed by atoms with Gasteiger partial charge in [-0.3, -0.25) is 0 Å². The quantitative estimate of drug-likeness (QED) is 0.432. The first-order valence-corrected chi connectivity index (χ1v) is 8.17. The lowest BCUT2D eigenvalue weighted by atomic mass is 10.1. The number of nitrogens with zero attached hydrogens (tertiary/aromatic N) is 3. The Balaban J connectivity index is 1.79. The summed E-state index contributed by atoms with van der Waals surface area (Å²) >= 11 is 11.8. The Kier molecular flexibility index (Phi) is 7.39. The van der Waals surface area contributed by atoms with Crippen LogP contribution in [0, 0.1) is 0 Å². The number of aromatic nitrogens is 1. The van der Waals surface area contributed by atoms with E-state index in [4.69, 9.17) is 32.8 Å². The fourth-order valence-electron chi connectivity index (χ4n) is 2.35. The molecule has 0 radical (unpaired) electrons. The van der Waals surface area contributed by atoms with Crippen molar-refractivity contribution in [1.29, 1.82) is 0 Å². The smallest absolute Gasteiger partial charge is 0.177 e. The average molecular weight is 346 g/mol. The number of piperidine rings is 1. The molecule has 0 bridgehead atoms. The monoisotopic (exact) mass is 345 g/mol. The highest BCUT2D eigenvalue weighted by atomic mass is 35.5. The van der Waals surface area contributed by atoms with Crippen LogP contribution in [0.25, 0.3) is 0 Å². The molecule has 0 N–H and O–H groups in total. The molecule has 1 aromatic rings. The molecular weight excluding hydrogens is 325 g/mol. The molecule has 1 aliphatic heterocycles. The standard InChI is InChI=1S/C15H21Cl2N3O2/c1-21-13(10-20-7-3-2-4-8-20)11-22-19-15(17)12-5-6-14(16)18-9-12/h5-6,9,13H,2-4,7-8,10-11H2,1H3/b19-15-. The van der Waals surface area contributed by atoms with Gasteiger partial charge >= 0.3 is 0 Å². The lowest BCUT2D eigenvalue weighted by Gasteiger charge is -2.29. The molecule has 2 heterocycles. The molecule has 1 saturated heterocycles. The molecule has 0 amide bonds. The third-order valence-corrected chi connectivity index (χ3v) is 4.13. The van der Waals surface area contributed by atoms with Crippen LogP contribution in [0.15, 0.2) is 23.5 Å². The fraction of sp³-hybridized carbons (Fsp3) is 0.600. The molecule has 1 fully saturated rings. The maximum absolute atomic E-state index is 6.07. The molecule has 0 aromatic carbocycles. The first-order valence-electron chi connectivity index (χ1n) is 7.41. The first kappa shape index (κ1) is 17.5. The minimum Gasteiger partial charge on any atom is -0.392 e. The number of halogens is 2. The van der Waals surface area contributed by atoms with Crippen LogP contribution in [0.4, 0.5) is 0 Å². The van der Waals surface area contributed by atoms with Crippen molar-refractivity contribution in [2.75, 3.05) is 33.4 Å². The van der Waals surface area contributed by atoms with Gasteiger partial charge in [0.25, 0.3) is 0 Å². The van der Waals surface area contributed by atoms with E-state index < -0.39 is 0 Å². The second-order valence-electron chi connectivity index (χ2n) is 5.27. The highest BCUT2D eigenvalue weighted by molar-refractivity contribution is 6.69. The Morgan fingerprint density at radius 1 is 1.36 bits per heavy atom. The molecule has 1 atom stereocenters. The summed E-state index contributed by atoms with van der Waals surface area (Å²) in [7, 11) is 1.69. The molecule has 5 nitrogen and oxygen atoms in total. The summed E-state index contributed by atoms with van der Waals surface area (Å²) < 4.78 is 5.45. The third kappa shape index (κ3) is 5.72. The zero-order valence-corrected chi connectivity index (χ0v) is 14.2. The van der Waals surface area contributed by atoms with Gasteiger partial charge in [0.1, 0.15) is 17.9 Å². The van der Waals surface area contributed by atoms with Crippen LogP contribution in [0.1, 0.15) is 24.8 Å². The van der Waals surface area contributed by atoms with Crippen LogP contribution < -0.4 is 0 Å². The van der Waals surface area contributed by atoms with Crippen LogP contribution in [0.2, 0.25) is 5.15 Å². The van der Waals surface area contributed by atoms with Gasteiger partial charge in [-0.1, -0.05) is 34.8 Å². The normalized spacial score (nSPS) is 18.2. The molecule has 0 spiro atoms. The van der Waals surface area contributed by atoms with E-state index in [0.29, 0.717) is 17.3 Å². The fourth-order valence-corrected chi connectivity index (χ4v) is 2.63. The zero-order chi connectivity index (χ0) is 15.8. The Morgan fingerprint density at radius 3 is 2.77 bits per heavy atom. The van der Waals surface area contributed by atoms with Crippen LogP contribution in [-0.2, 0) is 9.57 Å². The molecular formula is C15H21Cl2N3O2. The van der Waals surface area contributed by atoms with Crippen molar-refractivity contribution in [1.82, 2.24) is 9.88 Å². The number of likely N-dealkylation sites (tertiary alicyclic amines) is 1. The minimum absolute atomic E-state index is 0.0188. The number of methoxy groups -OCH3 is 1. The predicted octanol–water partition coefficient (Wildman–Crippen LogP) is 3.15. The average Bonchev–Trinajstić information content (AvgIpc) is 2.55. The third-order valence-electron chi connectivity index (χ3n) is 3.61. The van der Waals surface area contributed by atoms with E-state index in [1.807, 2.05) is 0 Å². The van der Waals surface area contributed by atoms with Crippen LogP contribution in [0.5, 0.6) is 0 Å². The summed E-state index contributed by atoms with van der Waals surface area (Å²) in [5.41, 5.74) is 0.663. The molecule has 7 heteroatoms. The van der Waals surface area contributed by atoms with Gasteiger partial charge < -0.3 is 14.5 Å². The van der Waals surface area contributed by atoms with E-state index >= 15 is 0 Å². The summed E-state index contributed by atoms with van der Waals surface area (Å²) in [6.45, 7) is 3.47. The van der Waals surface area contributed by atoms with Gasteiger partial charge in [0, 0.05) is 25.4 Å². The first-order chi connectivity index (χ1) is 10.7. The number of pyridine rings is 1. The molecule has 0 aliphatic carbocycles. The summed E-state index contributed by atoms with van der Waals surface area (Å²) in [6, 6.07) is 3.40. The summed E-state index contributed by atoms with van der Waals surface area (Å²) in [5.74, 6) is 0. The van der Waals surface area contributed by atoms with Crippen molar-refractivity contribution in [3.8, 4) is 0 Å². The van der Waals surface area contributed by atoms with Gasteiger partial charge in [-0.05, 0) is 38.1 Å². The van der Waals surface area contributed by atoms with Crippen molar-refractivity contribution >= 4 is 28.4 Å². The SMILES string of the molecule is COC(CO/N=C(\Cl)c1ccc(Cl)nc1)CN1CCCCC1. The largest absolute Gasteiger partial charge is 0.392 e. The Hall–Kier alpha value is -0.880. The van der Waals surface area contributed by atoms with E-state index in [9.17, 15) is 0 Å². The van der Waals surface area contributed by atoms with Crippen LogP contribution >= 0.6 is 23.2 Å². The van der Waals surface area contributed by atoms with E-state index in [0.717, 1.165) is 19.6 Å². The van der Waals surface area contributed by atoms with Crippen molar-refractivity contribution in [2.45, 2.75) is 25.4 Å². The number of oxime groups is 1. The van der Waals surface area contributed by atoms with Crippen LogP contribution in [-0.4, -0.2) is 54.5 Å². The maximum atomic E-state index is 6.07. The van der Waals surface area contributed by atoms with Crippen molar-refractivity contribution in [3.63, 3.8) is 0 Å². The topological polar surface area (TPSA) is 47.0 Å². The van der Waals surface area contributed by atoms with Gasteiger partial charge in [-0.2, -0.15) is 0 Å². The van der Waals surface area contributed by atoms with Gasteiger partial charge in [-0.25, -0.2) is 4.98 Å². The summed E-state index contributed by atoms with van der Waals surface area (Å²) in [4.78, 5) is 11.7. The molecule has 22 heavy (non-hydrogen) atoms. The van der Waals surface area contributed by atoms with E-state index in [-0.39, 0.29) is 11.3 Å². The van der Waals surface area contributed by atoms with E-state index in [2.05, 4.69) is 15.0 Å². The number of ether oxygens (including phenoxy) is 1. The Labute approximate surface area is 141 Å². The second kappa shape index (κ2) is 9.30. The minimum atomic E-state index is -0.0188. The molecule has 1 aromatic heterocycles. The molecule has 122 valence electrons. The van der Waals surface area contributed by atoms with Crippen LogP contribution in [0.3, 0.4) is 0 Å². The summed E-state index contributed by atoms with van der Waals surface area (Å²) in [5, 5.41) is 4.56. The molecule has 1 aliphatic rings. The lowest BCUT2D eigenvalue weighted by Crippen LogP contribution is -2.38. The highest BCUT2D eigenvalue weighted by Gasteiger charge is 2.16. The summed E-state index contributed by atoms with van der Waals surface area (Å²) in [6.07, 6.45) is 5.36. The maximum Gasteiger partial charge on any atom is 0.177 e. The van der Waals surface area contributed by atoms with Crippen molar-refractivity contribution in [2.24, 2.45) is 5.16 Å². The van der Waals surface area contributed by atoms with Crippen molar-refractivity contribution < 1.29 is 9.57 Å². The molecule has 0 saturated carbocycles. The highest BCUT2D eigenvalue weighted by Crippen LogP contribution is 2.11. The molecule has 1 unspecified atom stereocenters. The van der Waals surface area contributed by atoms with Crippen molar-refractivity contribution in [3.05, 3.63) is 29.0 Å².